The third-order valence-electron chi connectivity index (χ3n) is 7.29. The van der Waals surface area contributed by atoms with Gasteiger partial charge in [-0.15, -0.1) is 11.3 Å². The highest BCUT2D eigenvalue weighted by Gasteiger charge is 2.28. The van der Waals surface area contributed by atoms with Crippen LogP contribution < -0.4 is 15.6 Å². The number of amides is 1. The summed E-state index contributed by atoms with van der Waals surface area (Å²) in [6.45, 7) is 10.7. The minimum absolute atomic E-state index is 0.0998. The standard InChI is InChI=1S/C33H36N4O3S/c1-6-23-8-7-9-29(40-5)30(23)37-28(18-21(2)3)25(32(38)36-16-14-34-15-17-36)19-26(33(37)39)31-35-27(20-41-31)24-12-10-22(4)11-13-24/h7-13,18-20,34H,6,14-17H2,1-5H3. The highest BCUT2D eigenvalue weighted by molar-refractivity contribution is 7.13. The van der Waals surface area contributed by atoms with Crippen molar-refractivity contribution in [2.75, 3.05) is 33.3 Å². The highest BCUT2D eigenvalue weighted by atomic mass is 32.1. The van der Waals surface area contributed by atoms with Crippen LogP contribution in [0, 0.1) is 6.92 Å². The van der Waals surface area contributed by atoms with Crippen LogP contribution in [0.3, 0.4) is 0 Å². The molecule has 0 radical (unpaired) electrons. The van der Waals surface area contributed by atoms with Gasteiger partial charge in [-0.2, -0.15) is 0 Å². The lowest BCUT2D eigenvalue weighted by atomic mass is 10.0. The zero-order valence-electron chi connectivity index (χ0n) is 24.3. The van der Waals surface area contributed by atoms with E-state index >= 15 is 0 Å². The third kappa shape index (κ3) is 5.76. The topological polar surface area (TPSA) is 76.5 Å². The molecule has 2 aromatic heterocycles. The molecule has 0 unspecified atom stereocenters. The minimum Gasteiger partial charge on any atom is -0.495 e. The fraction of sp³-hybridized carbons (Fsp3) is 0.303. The predicted octanol–water partition coefficient (Wildman–Crippen LogP) is 5.98. The third-order valence-corrected chi connectivity index (χ3v) is 8.16. The largest absolute Gasteiger partial charge is 0.495 e. The summed E-state index contributed by atoms with van der Waals surface area (Å²) in [5.74, 6) is 0.476. The van der Waals surface area contributed by atoms with E-state index in [0.717, 1.165) is 35.5 Å². The molecule has 3 heterocycles. The van der Waals surface area contributed by atoms with E-state index in [9.17, 15) is 9.59 Å². The molecule has 41 heavy (non-hydrogen) atoms. The maximum atomic E-state index is 14.6. The predicted molar refractivity (Wildman–Crippen MR) is 167 cm³/mol. The van der Waals surface area contributed by atoms with E-state index in [0.29, 0.717) is 52.8 Å². The lowest BCUT2D eigenvalue weighted by Gasteiger charge is -2.29. The number of thiazole rings is 1. The second-order valence-corrected chi connectivity index (χ2v) is 11.3. The molecule has 212 valence electrons. The quantitative estimate of drug-likeness (QED) is 0.297. The second-order valence-electron chi connectivity index (χ2n) is 10.5. The molecule has 0 aliphatic carbocycles. The number of carbonyl (C=O) groups is 1. The summed E-state index contributed by atoms with van der Waals surface area (Å²) in [4.78, 5) is 35.5. The maximum absolute atomic E-state index is 14.6. The van der Waals surface area contributed by atoms with Crippen LogP contribution in [0.25, 0.3) is 33.6 Å². The van der Waals surface area contributed by atoms with Gasteiger partial charge in [0, 0.05) is 37.1 Å². The molecule has 1 saturated heterocycles. The number of pyridine rings is 1. The Morgan fingerprint density at radius 1 is 1.12 bits per heavy atom. The summed E-state index contributed by atoms with van der Waals surface area (Å²) in [7, 11) is 1.61. The lowest BCUT2D eigenvalue weighted by Crippen LogP contribution is -2.47. The van der Waals surface area contributed by atoms with Gasteiger partial charge in [-0.05, 0) is 51.0 Å². The van der Waals surface area contributed by atoms with Gasteiger partial charge in [-0.25, -0.2) is 4.98 Å². The molecule has 5 rings (SSSR count). The van der Waals surface area contributed by atoms with Crippen molar-refractivity contribution in [3.63, 3.8) is 0 Å². The highest BCUT2D eigenvalue weighted by Crippen LogP contribution is 2.33. The number of rotatable bonds is 7. The SMILES string of the molecule is CCc1cccc(OC)c1-n1c(C=C(C)C)c(C(=O)N2CCNCC2)cc(-c2nc(-c3ccc(C)cc3)cs2)c1=O. The number of aryl methyl sites for hydroxylation is 2. The fourth-order valence-corrected chi connectivity index (χ4v) is 5.99. The molecule has 1 aliphatic heterocycles. The first-order chi connectivity index (χ1) is 19.8. The van der Waals surface area contributed by atoms with Gasteiger partial charge in [0.05, 0.1) is 35.3 Å². The van der Waals surface area contributed by atoms with Crippen LogP contribution in [0.1, 0.15) is 48.0 Å². The molecule has 0 bridgehead atoms. The number of carbonyl (C=O) groups excluding carboxylic acids is 1. The van der Waals surface area contributed by atoms with Crippen LogP contribution in [-0.4, -0.2) is 53.6 Å². The van der Waals surface area contributed by atoms with E-state index in [1.165, 1.54) is 16.9 Å². The Labute approximate surface area is 245 Å². The average molecular weight is 569 g/mol. The molecule has 4 aromatic rings. The van der Waals surface area contributed by atoms with Gasteiger partial charge in [0.15, 0.2) is 0 Å². The first kappa shape index (κ1) is 28.5. The number of allylic oxidation sites excluding steroid dienone is 1. The Morgan fingerprint density at radius 3 is 2.51 bits per heavy atom. The monoisotopic (exact) mass is 568 g/mol. The number of ether oxygens (including phenoxy) is 1. The van der Waals surface area contributed by atoms with Gasteiger partial charge < -0.3 is 15.0 Å². The lowest BCUT2D eigenvalue weighted by molar-refractivity contribution is 0.0735. The number of hydrogen-bond donors (Lipinski definition) is 1. The summed E-state index contributed by atoms with van der Waals surface area (Å²) < 4.78 is 7.46. The number of hydrogen-bond acceptors (Lipinski definition) is 6. The van der Waals surface area contributed by atoms with Crippen molar-refractivity contribution in [2.24, 2.45) is 0 Å². The Balaban J connectivity index is 1.82. The first-order valence-electron chi connectivity index (χ1n) is 14.0. The van der Waals surface area contributed by atoms with E-state index in [2.05, 4.69) is 12.2 Å². The Morgan fingerprint density at radius 2 is 1.85 bits per heavy atom. The fourth-order valence-electron chi connectivity index (χ4n) is 5.16. The molecule has 0 saturated carbocycles. The maximum Gasteiger partial charge on any atom is 0.266 e. The van der Waals surface area contributed by atoms with Crippen molar-refractivity contribution in [3.05, 3.63) is 92.2 Å². The number of nitrogens with zero attached hydrogens (tertiary/aromatic N) is 3. The molecule has 0 atom stereocenters. The van der Waals surface area contributed by atoms with Crippen molar-refractivity contribution in [3.8, 4) is 33.3 Å². The van der Waals surface area contributed by atoms with Crippen molar-refractivity contribution in [1.29, 1.82) is 0 Å². The Kier molecular flexibility index (Phi) is 8.52. The van der Waals surface area contributed by atoms with Gasteiger partial charge in [0.25, 0.3) is 11.5 Å². The van der Waals surface area contributed by atoms with Crippen molar-refractivity contribution >= 4 is 23.3 Å². The number of piperazine rings is 1. The molecule has 8 heteroatoms. The molecular formula is C33H36N4O3S. The summed E-state index contributed by atoms with van der Waals surface area (Å²) in [6, 6.07) is 15.7. The molecule has 7 nitrogen and oxygen atoms in total. The first-order valence-corrected chi connectivity index (χ1v) is 14.8. The number of aromatic nitrogens is 2. The Hall–Kier alpha value is -4.01. The molecule has 1 aliphatic rings. The zero-order chi connectivity index (χ0) is 29.1. The molecule has 0 spiro atoms. The smallest absolute Gasteiger partial charge is 0.266 e. The number of methoxy groups -OCH3 is 1. The van der Waals surface area contributed by atoms with E-state index in [1.807, 2.05) is 79.6 Å². The van der Waals surface area contributed by atoms with Crippen molar-refractivity contribution in [1.82, 2.24) is 19.8 Å². The zero-order valence-corrected chi connectivity index (χ0v) is 25.1. The average Bonchev–Trinajstić information content (AvgIpc) is 3.47. The molecule has 1 N–H and O–H groups in total. The number of benzene rings is 2. The summed E-state index contributed by atoms with van der Waals surface area (Å²) in [5, 5.41) is 5.86. The summed E-state index contributed by atoms with van der Waals surface area (Å²) in [6.07, 6.45) is 2.61. The minimum atomic E-state index is -0.238. The Bertz CT molecular complexity index is 1630. The molecule has 1 amide bonds. The van der Waals surface area contributed by atoms with Gasteiger partial charge in [0.1, 0.15) is 10.8 Å². The van der Waals surface area contributed by atoms with Crippen molar-refractivity contribution in [2.45, 2.75) is 34.1 Å². The van der Waals surface area contributed by atoms with Crippen molar-refractivity contribution < 1.29 is 9.53 Å². The van der Waals surface area contributed by atoms with Gasteiger partial charge >= 0.3 is 0 Å². The van der Waals surface area contributed by atoms with Crippen LogP contribution in [0.5, 0.6) is 5.75 Å². The summed E-state index contributed by atoms with van der Waals surface area (Å²) >= 11 is 1.41. The van der Waals surface area contributed by atoms with E-state index in [4.69, 9.17) is 9.72 Å². The summed E-state index contributed by atoms with van der Waals surface area (Å²) in [5.41, 5.74) is 6.71. The van der Waals surface area contributed by atoms with E-state index in [1.54, 1.807) is 17.7 Å². The molecule has 2 aromatic carbocycles. The van der Waals surface area contributed by atoms with Crippen LogP contribution in [0.15, 0.2) is 64.3 Å². The van der Waals surface area contributed by atoms with Crippen LogP contribution in [-0.2, 0) is 6.42 Å². The van der Waals surface area contributed by atoms with Gasteiger partial charge in [0.2, 0.25) is 0 Å². The van der Waals surface area contributed by atoms with Crippen LogP contribution >= 0.6 is 11.3 Å². The van der Waals surface area contributed by atoms with Gasteiger partial charge in [-0.3, -0.25) is 14.2 Å². The molecular weight excluding hydrogens is 532 g/mol. The van der Waals surface area contributed by atoms with E-state index < -0.39 is 0 Å². The van der Waals surface area contributed by atoms with E-state index in [-0.39, 0.29) is 11.5 Å². The van der Waals surface area contributed by atoms with Crippen LogP contribution in [0.4, 0.5) is 0 Å². The van der Waals surface area contributed by atoms with Crippen LogP contribution in [0.2, 0.25) is 0 Å². The molecule has 1 fully saturated rings. The number of para-hydroxylation sites is 1. The van der Waals surface area contributed by atoms with Gasteiger partial charge in [-0.1, -0.05) is 54.5 Å². The normalized spacial score (nSPS) is 13.2. The number of nitrogens with one attached hydrogen (secondary N) is 1. The second kappa shape index (κ2) is 12.2.